The number of para-hydroxylation sites is 1. The summed E-state index contributed by atoms with van der Waals surface area (Å²) in [6.07, 6.45) is 0. The largest absolute Gasteiger partial charge is 0.493 e. The van der Waals surface area contributed by atoms with E-state index in [4.69, 9.17) is 13.9 Å². The minimum absolute atomic E-state index is 0.615. The Kier molecular flexibility index (Phi) is 3.69. The Morgan fingerprint density at radius 1 is 0.952 bits per heavy atom. The second kappa shape index (κ2) is 5.79. The maximum absolute atomic E-state index is 5.77. The Bertz CT molecular complexity index is 716. The molecule has 108 valence electrons. The van der Waals surface area contributed by atoms with Crippen LogP contribution < -0.4 is 14.8 Å². The van der Waals surface area contributed by atoms with Gasteiger partial charge in [-0.1, -0.05) is 18.2 Å². The Morgan fingerprint density at radius 3 is 2.52 bits per heavy atom. The topological polar surface area (TPSA) is 43.6 Å². The zero-order valence-electron chi connectivity index (χ0n) is 12.1. The van der Waals surface area contributed by atoms with Gasteiger partial charge in [-0.25, -0.2) is 0 Å². The molecular formula is C17H17NO3. The van der Waals surface area contributed by atoms with Crippen LogP contribution in [0.25, 0.3) is 11.0 Å². The van der Waals surface area contributed by atoms with Crippen LogP contribution in [0, 0.1) is 0 Å². The van der Waals surface area contributed by atoms with Crippen LogP contribution in [0.3, 0.4) is 0 Å². The third kappa shape index (κ3) is 2.79. The van der Waals surface area contributed by atoms with E-state index < -0.39 is 0 Å². The fourth-order valence-corrected chi connectivity index (χ4v) is 2.26. The number of hydrogen-bond donors (Lipinski definition) is 1. The first-order valence-electron chi connectivity index (χ1n) is 6.73. The van der Waals surface area contributed by atoms with E-state index in [0.29, 0.717) is 18.0 Å². The van der Waals surface area contributed by atoms with E-state index in [0.717, 1.165) is 22.4 Å². The maximum Gasteiger partial charge on any atom is 0.162 e. The molecule has 2 aromatic carbocycles. The van der Waals surface area contributed by atoms with Crippen molar-refractivity contribution in [3.8, 4) is 11.5 Å². The summed E-state index contributed by atoms with van der Waals surface area (Å²) in [7, 11) is 3.25. The van der Waals surface area contributed by atoms with E-state index in [1.54, 1.807) is 14.2 Å². The quantitative estimate of drug-likeness (QED) is 0.766. The summed E-state index contributed by atoms with van der Waals surface area (Å²) in [5.41, 5.74) is 1.86. The van der Waals surface area contributed by atoms with E-state index in [1.807, 2.05) is 48.5 Å². The molecule has 4 nitrogen and oxygen atoms in total. The molecule has 0 spiro atoms. The smallest absolute Gasteiger partial charge is 0.162 e. The van der Waals surface area contributed by atoms with E-state index in [1.165, 1.54) is 0 Å². The number of furan rings is 1. The van der Waals surface area contributed by atoms with Gasteiger partial charge in [-0.3, -0.25) is 0 Å². The predicted octanol–water partition coefficient (Wildman–Crippen LogP) is 4.06. The molecule has 0 amide bonds. The highest BCUT2D eigenvalue weighted by Crippen LogP contribution is 2.30. The summed E-state index contributed by atoms with van der Waals surface area (Å²) in [5, 5.41) is 4.43. The van der Waals surface area contributed by atoms with Crippen molar-refractivity contribution in [2.75, 3.05) is 19.5 Å². The van der Waals surface area contributed by atoms with Crippen LogP contribution in [0.4, 0.5) is 5.69 Å². The lowest BCUT2D eigenvalue weighted by Crippen LogP contribution is -1.99. The lowest BCUT2D eigenvalue weighted by Gasteiger charge is -2.10. The van der Waals surface area contributed by atoms with Gasteiger partial charge < -0.3 is 19.2 Å². The van der Waals surface area contributed by atoms with Gasteiger partial charge in [-0.15, -0.1) is 0 Å². The Labute approximate surface area is 123 Å². The van der Waals surface area contributed by atoms with Gasteiger partial charge in [0, 0.05) is 17.1 Å². The SMILES string of the molecule is COc1ccc(NCc2cc3ccccc3o2)cc1OC. The van der Waals surface area contributed by atoms with Crippen LogP contribution in [0.15, 0.2) is 52.9 Å². The minimum atomic E-state index is 0.615. The number of anilines is 1. The van der Waals surface area contributed by atoms with Gasteiger partial charge in [-0.2, -0.15) is 0 Å². The molecule has 0 saturated carbocycles. The molecular weight excluding hydrogens is 266 g/mol. The highest BCUT2D eigenvalue weighted by molar-refractivity contribution is 5.77. The summed E-state index contributed by atoms with van der Waals surface area (Å²) in [6.45, 7) is 0.615. The normalized spacial score (nSPS) is 10.6. The monoisotopic (exact) mass is 283 g/mol. The Morgan fingerprint density at radius 2 is 1.76 bits per heavy atom. The van der Waals surface area contributed by atoms with E-state index in [2.05, 4.69) is 5.32 Å². The van der Waals surface area contributed by atoms with Crippen LogP contribution in [-0.2, 0) is 6.54 Å². The van der Waals surface area contributed by atoms with Gasteiger partial charge in [0.05, 0.1) is 20.8 Å². The van der Waals surface area contributed by atoms with Crippen LogP contribution in [0.1, 0.15) is 5.76 Å². The molecule has 0 unspecified atom stereocenters. The van der Waals surface area contributed by atoms with Crippen molar-refractivity contribution < 1.29 is 13.9 Å². The van der Waals surface area contributed by atoms with Crippen molar-refractivity contribution in [3.05, 3.63) is 54.3 Å². The molecule has 0 fully saturated rings. The lowest BCUT2D eigenvalue weighted by molar-refractivity contribution is 0.355. The number of benzene rings is 2. The third-order valence-electron chi connectivity index (χ3n) is 3.33. The first-order valence-corrected chi connectivity index (χ1v) is 6.73. The average Bonchev–Trinajstić information content (AvgIpc) is 2.95. The Hall–Kier alpha value is -2.62. The highest BCUT2D eigenvalue weighted by Gasteiger charge is 2.06. The fraction of sp³-hybridized carbons (Fsp3) is 0.176. The van der Waals surface area contributed by atoms with Crippen molar-refractivity contribution in [2.45, 2.75) is 6.54 Å². The van der Waals surface area contributed by atoms with Crippen molar-refractivity contribution in [1.82, 2.24) is 0 Å². The lowest BCUT2D eigenvalue weighted by atomic mass is 10.2. The summed E-state index contributed by atoms with van der Waals surface area (Å²) in [6, 6.07) is 15.8. The van der Waals surface area contributed by atoms with Gasteiger partial charge in [0.15, 0.2) is 11.5 Å². The van der Waals surface area contributed by atoms with Crippen LogP contribution >= 0.6 is 0 Å². The second-order valence-corrected chi connectivity index (χ2v) is 4.67. The number of hydrogen-bond acceptors (Lipinski definition) is 4. The molecule has 3 rings (SSSR count). The van der Waals surface area contributed by atoms with Gasteiger partial charge >= 0.3 is 0 Å². The molecule has 3 aromatic rings. The van der Waals surface area contributed by atoms with Crippen molar-refractivity contribution in [1.29, 1.82) is 0 Å². The predicted molar refractivity (Wildman–Crippen MR) is 83.1 cm³/mol. The molecule has 1 N–H and O–H groups in total. The molecule has 0 aliphatic rings. The molecule has 0 aliphatic carbocycles. The second-order valence-electron chi connectivity index (χ2n) is 4.67. The number of nitrogens with one attached hydrogen (secondary N) is 1. The summed E-state index contributed by atoms with van der Waals surface area (Å²) >= 11 is 0. The number of ether oxygens (including phenoxy) is 2. The zero-order chi connectivity index (χ0) is 14.7. The van der Waals surface area contributed by atoms with Crippen molar-refractivity contribution in [2.24, 2.45) is 0 Å². The first kappa shape index (κ1) is 13.4. The highest BCUT2D eigenvalue weighted by atomic mass is 16.5. The number of methoxy groups -OCH3 is 2. The summed E-state index contributed by atoms with van der Waals surface area (Å²) in [4.78, 5) is 0. The van der Waals surface area contributed by atoms with Crippen molar-refractivity contribution >= 4 is 16.7 Å². The minimum Gasteiger partial charge on any atom is -0.493 e. The van der Waals surface area contributed by atoms with Gasteiger partial charge in [0.1, 0.15) is 11.3 Å². The van der Waals surface area contributed by atoms with Crippen molar-refractivity contribution in [3.63, 3.8) is 0 Å². The molecule has 0 saturated heterocycles. The molecule has 1 heterocycles. The fourth-order valence-electron chi connectivity index (χ4n) is 2.26. The first-order chi connectivity index (χ1) is 10.3. The van der Waals surface area contributed by atoms with Crippen LogP contribution in [-0.4, -0.2) is 14.2 Å². The van der Waals surface area contributed by atoms with Gasteiger partial charge in [0.25, 0.3) is 0 Å². The molecule has 0 bridgehead atoms. The zero-order valence-corrected chi connectivity index (χ0v) is 12.1. The molecule has 0 atom stereocenters. The summed E-state index contributed by atoms with van der Waals surface area (Å²) < 4.78 is 16.3. The maximum atomic E-state index is 5.77. The molecule has 4 heteroatoms. The third-order valence-corrected chi connectivity index (χ3v) is 3.33. The summed E-state index contributed by atoms with van der Waals surface area (Å²) in [5.74, 6) is 2.31. The Balaban J connectivity index is 1.75. The number of rotatable bonds is 5. The molecule has 0 radical (unpaired) electrons. The standard InChI is InChI=1S/C17H17NO3/c1-19-16-8-7-13(10-17(16)20-2)18-11-14-9-12-5-3-4-6-15(12)21-14/h3-10,18H,11H2,1-2H3. The van der Waals surface area contributed by atoms with Crippen LogP contribution in [0.2, 0.25) is 0 Å². The average molecular weight is 283 g/mol. The van der Waals surface area contributed by atoms with Crippen LogP contribution in [0.5, 0.6) is 11.5 Å². The number of fused-ring (bicyclic) bond motifs is 1. The van der Waals surface area contributed by atoms with Gasteiger partial charge in [0.2, 0.25) is 0 Å². The molecule has 0 aliphatic heterocycles. The van der Waals surface area contributed by atoms with E-state index >= 15 is 0 Å². The van der Waals surface area contributed by atoms with E-state index in [9.17, 15) is 0 Å². The molecule has 1 aromatic heterocycles. The van der Waals surface area contributed by atoms with Gasteiger partial charge in [-0.05, 0) is 24.3 Å². The molecule has 21 heavy (non-hydrogen) atoms. The van der Waals surface area contributed by atoms with E-state index in [-0.39, 0.29) is 0 Å².